The Morgan fingerprint density at radius 1 is 1.42 bits per heavy atom. The van der Waals surface area contributed by atoms with Crippen LogP contribution in [0.15, 0.2) is 33.6 Å². The van der Waals surface area contributed by atoms with Crippen molar-refractivity contribution in [3.05, 3.63) is 51.4 Å². The lowest BCUT2D eigenvalue weighted by Crippen LogP contribution is -2.30. The van der Waals surface area contributed by atoms with E-state index in [9.17, 15) is 9.59 Å². The number of nitrogens with zero attached hydrogens (tertiary/aromatic N) is 1. The van der Waals surface area contributed by atoms with Crippen molar-refractivity contribution in [1.82, 2.24) is 10.3 Å². The summed E-state index contributed by atoms with van der Waals surface area (Å²) in [5.41, 5.74) is 1.21. The first-order valence-electron chi connectivity index (χ1n) is 7.48. The maximum Gasteiger partial charge on any atom is 0.264 e. The van der Waals surface area contributed by atoms with Crippen LogP contribution in [0.3, 0.4) is 0 Å². The van der Waals surface area contributed by atoms with Gasteiger partial charge in [-0.3, -0.25) is 19.6 Å². The molecular weight excluding hydrogens is 328 g/mol. The summed E-state index contributed by atoms with van der Waals surface area (Å²) in [4.78, 5) is 30.3. The van der Waals surface area contributed by atoms with E-state index in [1.165, 1.54) is 6.07 Å². The van der Waals surface area contributed by atoms with Gasteiger partial charge in [0.05, 0.1) is 22.6 Å². The van der Waals surface area contributed by atoms with E-state index in [1.54, 1.807) is 6.07 Å². The summed E-state index contributed by atoms with van der Waals surface area (Å²) in [6.07, 6.45) is 7.37. The van der Waals surface area contributed by atoms with Crippen molar-refractivity contribution in [1.29, 1.82) is 0 Å². The quantitative estimate of drug-likeness (QED) is 0.773. The molecular formula is C17H15ClN4O2. The number of carbonyl (C=O) groups is 1. The molecule has 0 unspecified atom stereocenters. The van der Waals surface area contributed by atoms with E-state index in [0.717, 1.165) is 18.5 Å². The van der Waals surface area contributed by atoms with E-state index in [1.807, 2.05) is 6.21 Å². The molecule has 2 aromatic rings. The third kappa shape index (κ3) is 3.82. The van der Waals surface area contributed by atoms with Gasteiger partial charge in [0.15, 0.2) is 0 Å². The van der Waals surface area contributed by atoms with Crippen LogP contribution in [0.1, 0.15) is 6.42 Å². The van der Waals surface area contributed by atoms with Crippen LogP contribution < -0.4 is 16.2 Å². The molecule has 0 saturated heterocycles. The number of hydrogen-bond donors (Lipinski definition) is 3. The molecule has 6 nitrogen and oxygen atoms in total. The average molecular weight is 343 g/mol. The number of benzene rings is 1. The summed E-state index contributed by atoms with van der Waals surface area (Å²) in [6.45, 7) is 1.55. The van der Waals surface area contributed by atoms with E-state index >= 15 is 0 Å². The first-order chi connectivity index (χ1) is 11.6. The predicted molar refractivity (Wildman–Crippen MR) is 94.8 cm³/mol. The molecule has 1 aliphatic heterocycles. The number of aromatic amines is 1. The van der Waals surface area contributed by atoms with Gasteiger partial charge in [-0.2, -0.15) is 0 Å². The maximum atomic E-state index is 12.0. The number of amides is 1. The maximum absolute atomic E-state index is 12.0. The number of aromatic nitrogens is 1. The van der Waals surface area contributed by atoms with E-state index in [2.05, 4.69) is 38.9 Å². The molecule has 2 heterocycles. The zero-order chi connectivity index (χ0) is 16.9. The molecule has 7 heteroatoms. The summed E-state index contributed by atoms with van der Waals surface area (Å²) in [5.74, 6) is -0.224. The van der Waals surface area contributed by atoms with Gasteiger partial charge >= 0.3 is 0 Å². The summed E-state index contributed by atoms with van der Waals surface area (Å²) >= 11 is 6.14. The lowest BCUT2D eigenvalue weighted by Gasteiger charge is -2.10. The lowest BCUT2D eigenvalue weighted by molar-refractivity contribution is -0.115. The Morgan fingerprint density at radius 3 is 3.08 bits per heavy atom. The molecule has 0 spiro atoms. The van der Waals surface area contributed by atoms with E-state index in [0.29, 0.717) is 28.0 Å². The second-order valence-corrected chi connectivity index (χ2v) is 5.74. The van der Waals surface area contributed by atoms with Gasteiger partial charge in [0, 0.05) is 30.9 Å². The minimum absolute atomic E-state index is 0.144. The summed E-state index contributed by atoms with van der Waals surface area (Å²) in [6, 6.07) is 5.91. The van der Waals surface area contributed by atoms with Crippen molar-refractivity contribution >= 4 is 40.2 Å². The molecule has 1 aromatic heterocycles. The highest BCUT2D eigenvalue weighted by Crippen LogP contribution is 2.25. The van der Waals surface area contributed by atoms with Crippen LogP contribution in [0, 0.1) is 12.3 Å². The highest BCUT2D eigenvalue weighted by molar-refractivity contribution is 6.34. The number of nitrogens with one attached hydrogen (secondary N) is 3. The van der Waals surface area contributed by atoms with Crippen LogP contribution in [0.5, 0.6) is 0 Å². The lowest BCUT2D eigenvalue weighted by atomic mass is 10.1. The van der Waals surface area contributed by atoms with Gasteiger partial charge < -0.3 is 10.6 Å². The fourth-order valence-electron chi connectivity index (χ4n) is 2.37. The number of anilines is 1. The molecule has 0 saturated carbocycles. The van der Waals surface area contributed by atoms with Crippen LogP contribution in [0.2, 0.25) is 5.02 Å². The van der Waals surface area contributed by atoms with Gasteiger partial charge in [-0.15, -0.1) is 0 Å². The Hall–Kier alpha value is -2.62. The molecule has 0 aliphatic carbocycles. The minimum Gasteiger partial charge on any atom is -0.324 e. The fraction of sp³-hybridized carbons (Fsp3) is 0.235. The number of rotatable bonds is 5. The first-order valence-corrected chi connectivity index (χ1v) is 7.85. The standard InChI is InChI=1S/C17H15ClN4O2/c18-14-7-13-12(3-5-21-17(13)24)6-15(14)22-16(23)10-20-9-11-2-1-4-19-8-11/h2,6-8,20H,1,4,9-10H2,(H,21,24)(H,22,23). The number of dihydropyridines is 1. The Morgan fingerprint density at radius 2 is 2.29 bits per heavy atom. The van der Waals surface area contributed by atoms with Gasteiger partial charge in [-0.1, -0.05) is 17.7 Å². The van der Waals surface area contributed by atoms with Crippen molar-refractivity contribution < 1.29 is 4.79 Å². The van der Waals surface area contributed by atoms with E-state index in [4.69, 9.17) is 11.6 Å². The fourth-order valence-corrected chi connectivity index (χ4v) is 2.59. The molecule has 1 aliphatic rings. The summed E-state index contributed by atoms with van der Waals surface area (Å²) in [7, 11) is 0. The number of hydrogen-bond acceptors (Lipinski definition) is 4. The molecule has 0 bridgehead atoms. The third-order valence-corrected chi connectivity index (χ3v) is 3.85. The Labute approximate surface area is 143 Å². The number of fused-ring (bicyclic) bond motifs is 1. The first kappa shape index (κ1) is 16.2. The molecule has 3 rings (SSSR count). The van der Waals surface area contributed by atoms with Crippen LogP contribution in [-0.4, -0.2) is 36.7 Å². The molecule has 122 valence electrons. The molecule has 24 heavy (non-hydrogen) atoms. The second kappa shape index (κ2) is 7.30. The number of halogens is 1. The summed E-state index contributed by atoms with van der Waals surface area (Å²) in [5, 5.41) is 7.02. The molecule has 1 amide bonds. The Balaban J connectivity index is 1.62. The smallest absolute Gasteiger partial charge is 0.264 e. The van der Waals surface area contributed by atoms with Gasteiger partial charge in [0.2, 0.25) is 5.91 Å². The zero-order valence-electron chi connectivity index (χ0n) is 12.8. The highest BCUT2D eigenvalue weighted by Gasteiger charge is 2.09. The second-order valence-electron chi connectivity index (χ2n) is 5.34. The van der Waals surface area contributed by atoms with Gasteiger partial charge in [0.25, 0.3) is 5.56 Å². The highest BCUT2D eigenvalue weighted by atomic mass is 35.5. The van der Waals surface area contributed by atoms with Crippen LogP contribution >= 0.6 is 11.6 Å². The normalized spacial score (nSPS) is 13.5. The third-order valence-electron chi connectivity index (χ3n) is 3.54. The molecule has 0 radical (unpaired) electrons. The van der Waals surface area contributed by atoms with E-state index in [-0.39, 0.29) is 18.0 Å². The van der Waals surface area contributed by atoms with Crippen molar-refractivity contribution in [3.63, 3.8) is 0 Å². The average Bonchev–Trinajstić information content (AvgIpc) is 2.57. The summed E-state index contributed by atoms with van der Waals surface area (Å²) < 4.78 is 0. The van der Waals surface area contributed by atoms with Crippen LogP contribution in [0.4, 0.5) is 5.69 Å². The minimum atomic E-state index is -0.299. The predicted octanol–water partition coefficient (Wildman–Crippen LogP) is 1.71. The van der Waals surface area contributed by atoms with Crippen LogP contribution in [0.25, 0.3) is 10.8 Å². The van der Waals surface area contributed by atoms with Gasteiger partial charge in [-0.05, 0) is 30.2 Å². The molecule has 3 N–H and O–H groups in total. The molecule has 1 aromatic carbocycles. The number of carbonyl (C=O) groups excluding carboxylic acids is 1. The molecule has 0 atom stereocenters. The van der Waals surface area contributed by atoms with Crippen LogP contribution in [-0.2, 0) is 4.79 Å². The Bertz CT molecular complexity index is 886. The monoisotopic (exact) mass is 342 g/mol. The van der Waals surface area contributed by atoms with Gasteiger partial charge in [-0.25, -0.2) is 0 Å². The van der Waals surface area contributed by atoms with Gasteiger partial charge in [0.1, 0.15) is 0 Å². The van der Waals surface area contributed by atoms with Crippen molar-refractivity contribution in [3.8, 4) is 0 Å². The van der Waals surface area contributed by atoms with Crippen molar-refractivity contribution in [2.24, 2.45) is 4.99 Å². The molecule has 0 fully saturated rings. The Kier molecular flexibility index (Phi) is 4.94. The van der Waals surface area contributed by atoms with Crippen molar-refractivity contribution in [2.75, 3.05) is 25.0 Å². The zero-order valence-corrected chi connectivity index (χ0v) is 13.5. The largest absolute Gasteiger partial charge is 0.324 e. The van der Waals surface area contributed by atoms with Crippen molar-refractivity contribution in [2.45, 2.75) is 6.42 Å². The number of aliphatic imine (C=N–C) groups is 1. The topological polar surface area (TPSA) is 86.3 Å². The number of H-pyrrole nitrogens is 1. The SMILES string of the molecule is O=C(CNCC1=CCCN=C1)Nc1cc2c#c[nH]c(=O)c2cc1Cl. The van der Waals surface area contributed by atoms with E-state index < -0.39 is 0 Å².